The fraction of sp³-hybridized carbons (Fsp3) is 0.692. The van der Waals surface area contributed by atoms with E-state index in [2.05, 4.69) is 5.32 Å². The van der Waals surface area contributed by atoms with Gasteiger partial charge in [0.1, 0.15) is 24.8 Å². The van der Waals surface area contributed by atoms with E-state index in [1.807, 2.05) is 0 Å². The number of likely N-dealkylation sites (tertiary alicyclic amines) is 2. The zero-order valence-corrected chi connectivity index (χ0v) is 26.8. The Morgan fingerprint density at radius 3 is 2.35 bits per heavy atom. The Balaban J connectivity index is 1.44. The molecule has 0 radical (unpaired) electrons. The molecule has 3 heterocycles. The molecule has 3 rings (SSSR count). The van der Waals surface area contributed by atoms with Crippen LogP contribution in [0.4, 0.5) is 0 Å². The third-order valence-electron chi connectivity index (χ3n) is 7.61. The summed E-state index contributed by atoms with van der Waals surface area (Å²) >= 11 is 0. The van der Waals surface area contributed by atoms with Gasteiger partial charge in [0.15, 0.2) is 11.9 Å². The summed E-state index contributed by atoms with van der Waals surface area (Å²) in [6.45, 7) is -1.17. The van der Waals surface area contributed by atoms with Crippen molar-refractivity contribution in [3.05, 3.63) is 11.5 Å². The van der Waals surface area contributed by atoms with Gasteiger partial charge < -0.3 is 49.5 Å². The monoisotopic (exact) mass is 677 g/mol. The van der Waals surface area contributed by atoms with Crippen molar-refractivity contribution < 1.29 is 67.8 Å². The molecule has 3 aliphatic rings. The number of β-amino-alcohol motifs (C(OH)–C–C–N with tert-alkyl or cyclic N) is 1. The standard InChI is InChI=1S/C26H40N5O14P/c1-28(2)46(42,29(3)4)45-23-21(37)22(44-26(23)41)17(33)13-43-20(36)8-7-18(34)27-11-19(35)30-9-5-6-15(30)24(38)31-12-14(32)10-16(31)25(39)40/h14-17,22,32-33,37H,5-13H2,1-4H3,(H,27,34)(H,39,40). The molecule has 3 aliphatic heterocycles. The Morgan fingerprint density at radius 1 is 1.09 bits per heavy atom. The fourth-order valence-corrected chi connectivity index (χ4v) is 6.61. The highest BCUT2D eigenvalue weighted by molar-refractivity contribution is 7.54. The van der Waals surface area contributed by atoms with Gasteiger partial charge in [-0.3, -0.25) is 19.2 Å². The number of esters is 2. The smallest absolute Gasteiger partial charge is 0.395 e. The highest BCUT2D eigenvalue weighted by atomic mass is 31.2. The molecule has 20 heteroatoms. The zero-order valence-electron chi connectivity index (χ0n) is 25.9. The van der Waals surface area contributed by atoms with Crippen molar-refractivity contribution in [1.82, 2.24) is 24.5 Å². The summed E-state index contributed by atoms with van der Waals surface area (Å²) in [6.07, 6.45) is -4.58. The summed E-state index contributed by atoms with van der Waals surface area (Å²) < 4.78 is 30.5. The van der Waals surface area contributed by atoms with Crippen molar-refractivity contribution in [2.75, 3.05) is 54.4 Å². The highest BCUT2D eigenvalue weighted by Gasteiger charge is 2.46. The van der Waals surface area contributed by atoms with Crippen molar-refractivity contribution >= 4 is 43.3 Å². The third kappa shape index (κ3) is 8.33. The number of aliphatic hydroxyl groups is 3. The highest BCUT2D eigenvalue weighted by Crippen LogP contribution is 2.53. The lowest BCUT2D eigenvalue weighted by molar-refractivity contribution is -0.155. The fourth-order valence-electron chi connectivity index (χ4n) is 5.17. The van der Waals surface area contributed by atoms with Crippen LogP contribution in [0.5, 0.6) is 0 Å². The molecule has 5 atom stereocenters. The summed E-state index contributed by atoms with van der Waals surface area (Å²) in [5, 5.41) is 42.3. The molecule has 0 aromatic heterocycles. The number of carbonyl (C=O) groups is 6. The van der Waals surface area contributed by atoms with E-state index in [1.54, 1.807) is 0 Å². The van der Waals surface area contributed by atoms with Crippen LogP contribution in [0.2, 0.25) is 0 Å². The molecule has 2 fully saturated rings. The number of hydrogen-bond donors (Lipinski definition) is 5. The van der Waals surface area contributed by atoms with Crippen molar-refractivity contribution in [2.24, 2.45) is 0 Å². The molecule has 5 N–H and O–H groups in total. The lowest BCUT2D eigenvalue weighted by Gasteiger charge is -2.30. The molecule has 0 bridgehead atoms. The quantitative estimate of drug-likeness (QED) is 0.0963. The van der Waals surface area contributed by atoms with Crippen LogP contribution >= 0.6 is 7.67 Å². The normalized spacial score (nSPS) is 24.0. The second-order valence-corrected chi connectivity index (χ2v) is 14.1. The number of nitrogens with zero attached hydrogens (tertiary/aromatic N) is 4. The summed E-state index contributed by atoms with van der Waals surface area (Å²) in [5.41, 5.74) is 0. The van der Waals surface area contributed by atoms with Crippen molar-refractivity contribution in [3.63, 3.8) is 0 Å². The van der Waals surface area contributed by atoms with Gasteiger partial charge >= 0.3 is 25.6 Å². The minimum absolute atomic E-state index is 0.110. The zero-order chi connectivity index (χ0) is 34.5. The molecule has 0 aromatic rings. The number of rotatable bonds is 14. The van der Waals surface area contributed by atoms with Crippen LogP contribution in [0, 0.1) is 0 Å². The molecule has 258 valence electrons. The molecule has 0 aliphatic carbocycles. The Kier molecular flexibility index (Phi) is 12.1. The van der Waals surface area contributed by atoms with Gasteiger partial charge in [-0.05, 0) is 41.0 Å². The van der Waals surface area contributed by atoms with Crippen LogP contribution in [-0.4, -0.2) is 160 Å². The van der Waals surface area contributed by atoms with Crippen LogP contribution in [0.1, 0.15) is 32.1 Å². The maximum absolute atomic E-state index is 13.0. The van der Waals surface area contributed by atoms with E-state index < -0.39 is 111 Å². The largest absolute Gasteiger partial charge is 0.505 e. The number of carboxylic acid groups (broad SMARTS) is 1. The van der Waals surface area contributed by atoms with Gasteiger partial charge in [-0.2, -0.15) is 0 Å². The van der Waals surface area contributed by atoms with Crippen LogP contribution in [-0.2, 0) is 47.3 Å². The molecule has 46 heavy (non-hydrogen) atoms. The SMILES string of the molecule is CN(C)P(=O)(OC1=C(O)C(C(O)COC(=O)CCC(=O)NCC(=O)N2CCCC2C(=O)N2CC(O)CC2C(=O)O)OC1=O)N(C)C. The van der Waals surface area contributed by atoms with Crippen molar-refractivity contribution in [1.29, 1.82) is 0 Å². The molecular weight excluding hydrogens is 637 g/mol. The Morgan fingerprint density at radius 2 is 1.74 bits per heavy atom. The molecule has 3 amide bonds. The summed E-state index contributed by atoms with van der Waals surface area (Å²) in [4.78, 5) is 76.3. The van der Waals surface area contributed by atoms with Crippen LogP contribution in [0.3, 0.4) is 0 Å². The number of hydrogen-bond acceptors (Lipinski definition) is 13. The second-order valence-electron chi connectivity index (χ2n) is 11.3. The summed E-state index contributed by atoms with van der Waals surface area (Å²) in [7, 11) is 1.95. The van der Waals surface area contributed by atoms with Gasteiger partial charge in [0.25, 0.3) is 5.76 Å². The van der Waals surface area contributed by atoms with E-state index in [0.29, 0.717) is 12.8 Å². The first kappa shape index (κ1) is 36.7. The van der Waals surface area contributed by atoms with Gasteiger partial charge in [-0.25, -0.2) is 23.5 Å². The Labute approximate surface area is 264 Å². The minimum atomic E-state index is -3.76. The van der Waals surface area contributed by atoms with E-state index in [0.717, 1.165) is 4.90 Å². The van der Waals surface area contributed by atoms with E-state index in [4.69, 9.17) is 14.0 Å². The summed E-state index contributed by atoms with van der Waals surface area (Å²) in [6, 6.07) is -2.13. The Bertz CT molecular complexity index is 1290. The predicted molar refractivity (Wildman–Crippen MR) is 153 cm³/mol. The first-order chi connectivity index (χ1) is 21.5. The molecule has 19 nitrogen and oxygen atoms in total. The van der Waals surface area contributed by atoms with Gasteiger partial charge in [0, 0.05) is 25.9 Å². The number of aliphatic hydroxyl groups excluding tert-OH is 3. The van der Waals surface area contributed by atoms with Crippen LogP contribution in [0.15, 0.2) is 11.5 Å². The number of nitrogens with one attached hydrogen (secondary N) is 1. The average molecular weight is 678 g/mol. The van der Waals surface area contributed by atoms with E-state index >= 15 is 0 Å². The first-order valence-electron chi connectivity index (χ1n) is 14.4. The van der Waals surface area contributed by atoms with E-state index in [1.165, 1.54) is 42.4 Å². The number of carbonyl (C=O) groups excluding carboxylic acids is 5. The number of amides is 3. The number of ether oxygens (including phenoxy) is 2. The molecule has 5 unspecified atom stereocenters. The van der Waals surface area contributed by atoms with Crippen LogP contribution in [0.25, 0.3) is 0 Å². The van der Waals surface area contributed by atoms with E-state index in [9.17, 15) is 53.8 Å². The Hall–Kier alpha value is -3.77. The van der Waals surface area contributed by atoms with Crippen molar-refractivity contribution in [2.45, 2.75) is 62.5 Å². The third-order valence-corrected chi connectivity index (χ3v) is 10.0. The first-order valence-corrected chi connectivity index (χ1v) is 15.9. The van der Waals surface area contributed by atoms with E-state index in [-0.39, 0.29) is 19.5 Å². The summed E-state index contributed by atoms with van der Waals surface area (Å²) in [5.74, 6) is -6.86. The van der Waals surface area contributed by atoms with Gasteiger partial charge in [0.05, 0.1) is 19.1 Å². The van der Waals surface area contributed by atoms with Gasteiger partial charge in [0.2, 0.25) is 17.7 Å². The van der Waals surface area contributed by atoms with Crippen molar-refractivity contribution in [3.8, 4) is 0 Å². The molecule has 0 saturated carbocycles. The average Bonchev–Trinajstić information content (AvgIpc) is 3.71. The molecule has 0 spiro atoms. The van der Waals surface area contributed by atoms with Gasteiger partial charge in [-0.15, -0.1) is 0 Å². The minimum Gasteiger partial charge on any atom is -0.505 e. The molecule has 2 saturated heterocycles. The lowest BCUT2D eigenvalue weighted by atomic mass is 10.1. The lowest BCUT2D eigenvalue weighted by Crippen LogP contribution is -2.52. The number of aliphatic carboxylic acids is 1. The molecule has 0 aromatic carbocycles. The maximum Gasteiger partial charge on any atom is 0.395 e. The van der Waals surface area contributed by atoms with Gasteiger partial charge in [-0.1, -0.05) is 0 Å². The topological polar surface area (TPSA) is 253 Å². The predicted octanol–water partition coefficient (Wildman–Crippen LogP) is -2.23. The van der Waals surface area contributed by atoms with Crippen LogP contribution < -0.4 is 5.32 Å². The maximum atomic E-state index is 13.0. The molecular formula is C26H40N5O14P. The number of carboxylic acids is 1. The number of cyclic esters (lactones) is 1. The second kappa shape index (κ2) is 15.2.